The van der Waals surface area contributed by atoms with Crippen LogP contribution in [-0.4, -0.2) is 19.7 Å². The van der Waals surface area contributed by atoms with E-state index < -0.39 is 0 Å². The molecular weight excluding hydrogens is 346 g/mol. The van der Waals surface area contributed by atoms with Gasteiger partial charge in [0.1, 0.15) is 5.75 Å². The van der Waals surface area contributed by atoms with Crippen LogP contribution in [0.2, 0.25) is 0 Å². The van der Waals surface area contributed by atoms with E-state index in [9.17, 15) is 0 Å². The second kappa shape index (κ2) is 6.76. The Morgan fingerprint density at radius 2 is 2.24 bits per heavy atom. The van der Waals surface area contributed by atoms with Gasteiger partial charge in [-0.1, -0.05) is 15.9 Å². The molecule has 0 amide bonds. The summed E-state index contributed by atoms with van der Waals surface area (Å²) in [6, 6.07) is 6.01. The smallest absolute Gasteiger partial charge is 0.133 e. The third-order valence-electron chi connectivity index (χ3n) is 3.08. The molecule has 2 nitrogen and oxygen atoms in total. The summed E-state index contributed by atoms with van der Waals surface area (Å²) in [7, 11) is 0. The normalized spacial score (nSPS) is 20.2. The topological polar surface area (TPSA) is 21.3 Å². The number of rotatable bonds is 4. The highest BCUT2D eigenvalue weighted by molar-refractivity contribution is 9.11. The average molecular weight is 363 g/mol. The maximum absolute atomic E-state index is 5.80. The number of halogens is 2. The van der Waals surface area contributed by atoms with Crippen molar-refractivity contribution in [3.05, 3.63) is 27.1 Å². The van der Waals surface area contributed by atoms with Gasteiger partial charge in [0.2, 0.25) is 0 Å². The van der Waals surface area contributed by atoms with Crippen LogP contribution >= 0.6 is 31.9 Å². The van der Waals surface area contributed by atoms with Gasteiger partial charge in [0.15, 0.2) is 0 Å². The predicted molar refractivity (Wildman–Crippen MR) is 77.5 cm³/mol. The summed E-state index contributed by atoms with van der Waals surface area (Å²) in [4.78, 5) is 0. The van der Waals surface area contributed by atoms with Crippen molar-refractivity contribution < 1.29 is 4.74 Å². The van der Waals surface area contributed by atoms with Gasteiger partial charge in [-0.05, 0) is 72.4 Å². The van der Waals surface area contributed by atoms with Crippen molar-refractivity contribution in [1.29, 1.82) is 0 Å². The highest BCUT2D eigenvalue weighted by atomic mass is 79.9. The van der Waals surface area contributed by atoms with Crippen molar-refractivity contribution >= 4 is 31.9 Å². The molecule has 1 aliphatic rings. The largest absolute Gasteiger partial charge is 0.492 e. The first-order valence-corrected chi connectivity index (χ1v) is 7.63. The van der Waals surface area contributed by atoms with Crippen LogP contribution in [-0.2, 0) is 0 Å². The molecule has 94 valence electrons. The van der Waals surface area contributed by atoms with Crippen LogP contribution in [0.3, 0.4) is 0 Å². The first kappa shape index (κ1) is 13.4. The molecule has 1 heterocycles. The quantitative estimate of drug-likeness (QED) is 0.874. The van der Waals surface area contributed by atoms with Crippen molar-refractivity contribution in [2.45, 2.75) is 19.3 Å². The third-order valence-corrected chi connectivity index (χ3v) is 4.19. The second-order valence-corrected chi connectivity index (χ2v) is 6.19. The molecule has 2 rings (SSSR count). The fourth-order valence-electron chi connectivity index (χ4n) is 2.10. The number of hydrogen-bond donors (Lipinski definition) is 1. The molecule has 0 unspecified atom stereocenters. The van der Waals surface area contributed by atoms with E-state index in [1.54, 1.807) is 0 Å². The number of hydrogen-bond acceptors (Lipinski definition) is 2. The third kappa shape index (κ3) is 4.27. The highest BCUT2D eigenvalue weighted by Crippen LogP contribution is 2.28. The van der Waals surface area contributed by atoms with Crippen LogP contribution in [0.1, 0.15) is 19.3 Å². The molecular formula is C13H17Br2NO. The lowest BCUT2D eigenvalue weighted by molar-refractivity contribution is 0.253. The molecule has 0 bridgehead atoms. The molecule has 0 saturated carbocycles. The molecule has 1 aromatic carbocycles. The lowest BCUT2D eigenvalue weighted by atomic mass is 9.97. The number of benzene rings is 1. The van der Waals surface area contributed by atoms with E-state index in [1.165, 1.54) is 19.4 Å². The Morgan fingerprint density at radius 1 is 1.35 bits per heavy atom. The van der Waals surface area contributed by atoms with Gasteiger partial charge in [0.25, 0.3) is 0 Å². The van der Waals surface area contributed by atoms with Crippen molar-refractivity contribution in [2.24, 2.45) is 5.92 Å². The average Bonchev–Trinajstić information content (AvgIpc) is 2.33. The minimum atomic E-state index is 0.776. The van der Waals surface area contributed by atoms with Crippen LogP contribution in [0.25, 0.3) is 0 Å². The standard InChI is InChI=1S/C13H17Br2NO/c14-11-3-4-13(12(15)8-11)17-7-5-10-2-1-6-16-9-10/h3-4,8,10,16H,1-2,5-7,9H2/t10-/m0/s1. The summed E-state index contributed by atoms with van der Waals surface area (Å²) >= 11 is 6.94. The van der Waals surface area contributed by atoms with Crippen molar-refractivity contribution in [1.82, 2.24) is 5.32 Å². The summed E-state index contributed by atoms with van der Waals surface area (Å²) in [5.41, 5.74) is 0. The molecule has 1 aromatic rings. The first-order valence-electron chi connectivity index (χ1n) is 6.04. The zero-order valence-corrected chi connectivity index (χ0v) is 12.9. The van der Waals surface area contributed by atoms with Crippen molar-refractivity contribution in [2.75, 3.05) is 19.7 Å². The predicted octanol–water partition coefficient (Wildman–Crippen LogP) is 3.98. The summed E-state index contributed by atoms with van der Waals surface area (Å²) in [6.07, 6.45) is 3.76. The molecule has 17 heavy (non-hydrogen) atoms. The van der Waals surface area contributed by atoms with Crippen LogP contribution in [0.4, 0.5) is 0 Å². The lowest BCUT2D eigenvalue weighted by Gasteiger charge is -2.22. The summed E-state index contributed by atoms with van der Waals surface area (Å²) < 4.78 is 7.87. The van der Waals surface area contributed by atoms with Gasteiger partial charge in [0, 0.05) is 4.47 Å². The highest BCUT2D eigenvalue weighted by Gasteiger charge is 2.12. The Labute approximate surface area is 119 Å². The Morgan fingerprint density at radius 3 is 2.94 bits per heavy atom. The molecule has 0 aromatic heterocycles. The van der Waals surface area contributed by atoms with Crippen LogP contribution in [0.5, 0.6) is 5.75 Å². The summed E-state index contributed by atoms with van der Waals surface area (Å²) in [5, 5.41) is 3.43. The van der Waals surface area contributed by atoms with Crippen LogP contribution in [0, 0.1) is 5.92 Å². The number of nitrogens with one attached hydrogen (secondary N) is 1. The number of piperidine rings is 1. The van der Waals surface area contributed by atoms with Gasteiger partial charge >= 0.3 is 0 Å². The van der Waals surface area contributed by atoms with Crippen LogP contribution < -0.4 is 10.1 Å². The van der Waals surface area contributed by atoms with Gasteiger partial charge < -0.3 is 10.1 Å². The molecule has 1 saturated heterocycles. The molecule has 1 aliphatic heterocycles. The molecule has 1 atom stereocenters. The summed E-state index contributed by atoms with van der Waals surface area (Å²) in [5.74, 6) is 1.70. The zero-order valence-electron chi connectivity index (χ0n) is 9.72. The van der Waals surface area contributed by atoms with Crippen LogP contribution in [0.15, 0.2) is 27.1 Å². The monoisotopic (exact) mass is 361 g/mol. The van der Waals surface area contributed by atoms with Crippen molar-refractivity contribution in [3.8, 4) is 5.75 Å². The maximum Gasteiger partial charge on any atom is 0.133 e. The lowest BCUT2D eigenvalue weighted by Crippen LogP contribution is -2.30. The van der Waals surface area contributed by atoms with Gasteiger partial charge in [-0.15, -0.1) is 0 Å². The molecule has 0 spiro atoms. The summed E-state index contributed by atoms with van der Waals surface area (Å²) in [6.45, 7) is 3.12. The molecule has 4 heteroatoms. The Hall–Kier alpha value is -0.0600. The molecule has 0 aliphatic carbocycles. The Balaban J connectivity index is 1.77. The van der Waals surface area contributed by atoms with Crippen molar-refractivity contribution in [3.63, 3.8) is 0 Å². The van der Waals surface area contributed by atoms with Gasteiger partial charge in [-0.2, -0.15) is 0 Å². The minimum Gasteiger partial charge on any atom is -0.492 e. The molecule has 1 fully saturated rings. The number of ether oxygens (including phenoxy) is 1. The van der Waals surface area contributed by atoms with Gasteiger partial charge in [0.05, 0.1) is 11.1 Å². The van der Waals surface area contributed by atoms with E-state index in [-0.39, 0.29) is 0 Å². The van der Waals surface area contributed by atoms with E-state index in [0.29, 0.717) is 0 Å². The maximum atomic E-state index is 5.80. The molecule has 1 N–H and O–H groups in total. The fraction of sp³-hybridized carbons (Fsp3) is 0.538. The zero-order chi connectivity index (χ0) is 12.1. The van der Waals surface area contributed by atoms with E-state index >= 15 is 0 Å². The molecule has 0 radical (unpaired) electrons. The Bertz CT molecular complexity index is 364. The Kier molecular flexibility index (Phi) is 5.32. The SMILES string of the molecule is Brc1ccc(OCC[C@@H]2CCCNC2)c(Br)c1. The van der Waals surface area contributed by atoms with E-state index in [0.717, 1.165) is 40.2 Å². The minimum absolute atomic E-state index is 0.776. The van der Waals surface area contributed by atoms with E-state index in [1.807, 2.05) is 18.2 Å². The van der Waals surface area contributed by atoms with E-state index in [2.05, 4.69) is 37.2 Å². The fourth-order valence-corrected chi connectivity index (χ4v) is 3.26. The van der Waals surface area contributed by atoms with Gasteiger partial charge in [-0.3, -0.25) is 0 Å². The van der Waals surface area contributed by atoms with Gasteiger partial charge in [-0.25, -0.2) is 0 Å². The van der Waals surface area contributed by atoms with E-state index in [4.69, 9.17) is 4.74 Å². The first-order chi connectivity index (χ1) is 8.25. The second-order valence-electron chi connectivity index (χ2n) is 4.42.